The molecule has 1 unspecified atom stereocenters. The van der Waals surface area contributed by atoms with Crippen LogP contribution in [0.1, 0.15) is 49.9 Å². The summed E-state index contributed by atoms with van der Waals surface area (Å²) in [7, 11) is 0. The number of benzene rings is 1. The van der Waals surface area contributed by atoms with Gasteiger partial charge in [-0.25, -0.2) is 0 Å². The van der Waals surface area contributed by atoms with Crippen molar-refractivity contribution in [1.82, 2.24) is 10.0 Å². The maximum Gasteiger partial charge on any atom is 0.0752 e. The minimum atomic E-state index is 0.141. The number of hydrogen-bond acceptors (Lipinski definition) is 2. The van der Waals surface area contributed by atoms with Gasteiger partial charge in [0.1, 0.15) is 0 Å². The number of rotatable bonds is 4. The van der Waals surface area contributed by atoms with Crippen LogP contribution in [-0.2, 0) is 6.42 Å². The van der Waals surface area contributed by atoms with Crippen LogP contribution in [0.5, 0.6) is 0 Å². The van der Waals surface area contributed by atoms with Crippen molar-refractivity contribution in [3.8, 4) is 0 Å². The number of hydrogen-bond donors (Lipinski definition) is 2. The van der Waals surface area contributed by atoms with E-state index in [2.05, 4.69) is 36.2 Å². The summed E-state index contributed by atoms with van der Waals surface area (Å²) in [5, 5.41) is 13.0. The van der Waals surface area contributed by atoms with Crippen molar-refractivity contribution in [2.45, 2.75) is 45.1 Å². The number of H-pyrrole nitrogens is 1. The average Bonchev–Trinajstić information content (AvgIpc) is 2.80. The molecule has 0 saturated heterocycles. The molecule has 2 aromatic rings. The first-order chi connectivity index (χ1) is 9.31. The molecule has 0 aliphatic carbocycles. The van der Waals surface area contributed by atoms with Gasteiger partial charge < -0.3 is 10.2 Å². The van der Waals surface area contributed by atoms with Crippen LogP contribution in [0.4, 0.5) is 0 Å². The molecule has 0 spiro atoms. The highest BCUT2D eigenvalue weighted by Gasteiger charge is 2.28. The maximum atomic E-state index is 10.2. The minimum Gasteiger partial charge on any atom is -0.357 e. The van der Waals surface area contributed by atoms with Crippen molar-refractivity contribution in [1.29, 1.82) is 0 Å². The number of hydroxylamine groups is 2. The van der Waals surface area contributed by atoms with Crippen LogP contribution in [0.25, 0.3) is 10.9 Å². The van der Waals surface area contributed by atoms with Crippen LogP contribution < -0.4 is 0 Å². The van der Waals surface area contributed by atoms with Gasteiger partial charge in [0.05, 0.1) is 6.04 Å². The van der Waals surface area contributed by atoms with Crippen molar-refractivity contribution < 1.29 is 5.21 Å². The van der Waals surface area contributed by atoms with Gasteiger partial charge in [0.25, 0.3) is 0 Å². The molecule has 2 N–H and O–H groups in total. The summed E-state index contributed by atoms with van der Waals surface area (Å²) < 4.78 is 0. The van der Waals surface area contributed by atoms with E-state index in [9.17, 15) is 5.21 Å². The first kappa shape index (κ1) is 12.7. The van der Waals surface area contributed by atoms with E-state index in [1.165, 1.54) is 46.5 Å². The summed E-state index contributed by atoms with van der Waals surface area (Å²) in [6, 6.07) is 8.60. The van der Waals surface area contributed by atoms with Crippen molar-refractivity contribution in [3.05, 3.63) is 35.5 Å². The third kappa shape index (κ3) is 2.28. The molecule has 3 heteroatoms. The number of fused-ring (bicyclic) bond motifs is 3. The molecule has 0 bridgehead atoms. The molecule has 3 nitrogen and oxygen atoms in total. The van der Waals surface area contributed by atoms with E-state index in [0.717, 1.165) is 19.4 Å². The summed E-state index contributed by atoms with van der Waals surface area (Å²) in [4.78, 5) is 3.52. The Bertz CT molecular complexity index is 561. The van der Waals surface area contributed by atoms with Crippen LogP contribution in [0.15, 0.2) is 24.3 Å². The Balaban J connectivity index is 1.94. The van der Waals surface area contributed by atoms with Gasteiger partial charge in [0.15, 0.2) is 0 Å². The van der Waals surface area contributed by atoms with Gasteiger partial charge in [0, 0.05) is 23.1 Å². The third-order valence-electron chi connectivity index (χ3n) is 4.21. The lowest BCUT2D eigenvalue weighted by Gasteiger charge is -2.30. The van der Waals surface area contributed by atoms with Crippen molar-refractivity contribution in [2.24, 2.45) is 0 Å². The molecule has 1 aliphatic rings. The van der Waals surface area contributed by atoms with Gasteiger partial charge in [-0.2, -0.15) is 5.06 Å². The van der Waals surface area contributed by atoms with E-state index < -0.39 is 0 Å². The second-order valence-corrected chi connectivity index (χ2v) is 5.49. The summed E-state index contributed by atoms with van der Waals surface area (Å²) in [6.45, 7) is 2.96. The van der Waals surface area contributed by atoms with Crippen LogP contribution in [-0.4, -0.2) is 21.8 Å². The van der Waals surface area contributed by atoms with Gasteiger partial charge in [-0.3, -0.25) is 0 Å². The number of nitrogens with zero attached hydrogens (tertiary/aromatic N) is 1. The third-order valence-corrected chi connectivity index (χ3v) is 4.21. The summed E-state index contributed by atoms with van der Waals surface area (Å²) in [6.07, 6.45) is 5.59. The van der Waals surface area contributed by atoms with E-state index in [0.29, 0.717) is 0 Å². The predicted molar refractivity (Wildman–Crippen MR) is 77.4 cm³/mol. The number of para-hydroxylation sites is 1. The standard InChI is InChI=1S/C16H22N2O/c1-2-3-4-9-15-16-13(10-11-18(15)19)12-7-5-6-8-14(12)17-16/h5-8,15,17,19H,2-4,9-11H2,1H3. The van der Waals surface area contributed by atoms with Gasteiger partial charge in [-0.05, 0) is 24.5 Å². The summed E-state index contributed by atoms with van der Waals surface area (Å²) in [5.41, 5.74) is 3.83. The fraction of sp³-hybridized carbons (Fsp3) is 0.500. The second-order valence-electron chi connectivity index (χ2n) is 5.49. The molecule has 1 aliphatic heterocycles. The lowest BCUT2D eigenvalue weighted by molar-refractivity contribution is -0.136. The zero-order valence-electron chi connectivity index (χ0n) is 11.5. The van der Waals surface area contributed by atoms with Crippen molar-refractivity contribution >= 4 is 10.9 Å². The Morgan fingerprint density at radius 1 is 1.32 bits per heavy atom. The van der Waals surface area contributed by atoms with E-state index >= 15 is 0 Å². The molecular formula is C16H22N2O. The number of unbranched alkanes of at least 4 members (excludes halogenated alkanes) is 2. The summed E-state index contributed by atoms with van der Waals surface area (Å²) >= 11 is 0. The number of nitrogens with one attached hydrogen (secondary N) is 1. The Hall–Kier alpha value is -1.32. The largest absolute Gasteiger partial charge is 0.357 e. The summed E-state index contributed by atoms with van der Waals surface area (Å²) in [5.74, 6) is 0. The van der Waals surface area contributed by atoms with Gasteiger partial charge in [-0.1, -0.05) is 44.4 Å². The Morgan fingerprint density at radius 3 is 3.00 bits per heavy atom. The fourth-order valence-electron chi connectivity index (χ4n) is 3.19. The van der Waals surface area contributed by atoms with Crippen molar-refractivity contribution in [2.75, 3.05) is 6.54 Å². The number of aromatic nitrogens is 1. The fourth-order valence-corrected chi connectivity index (χ4v) is 3.19. The van der Waals surface area contributed by atoms with E-state index in [1.807, 2.05) is 0 Å². The van der Waals surface area contributed by atoms with Gasteiger partial charge >= 0.3 is 0 Å². The monoisotopic (exact) mass is 258 g/mol. The zero-order valence-corrected chi connectivity index (χ0v) is 11.5. The zero-order chi connectivity index (χ0) is 13.2. The molecule has 0 amide bonds. The molecular weight excluding hydrogens is 236 g/mol. The van der Waals surface area contributed by atoms with Crippen LogP contribution in [0.3, 0.4) is 0 Å². The number of aromatic amines is 1. The van der Waals surface area contributed by atoms with Crippen molar-refractivity contribution in [3.63, 3.8) is 0 Å². The molecule has 3 rings (SSSR count). The molecule has 0 fully saturated rings. The van der Waals surface area contributed by atoms with Crippen LogP contribution in [0, 0.1) is 0 Å². The minimum absolute atomic E-state index is 0.141. The molecule has 1 aromatic carbocycles. The van der Waals surface area contributed by atoms with Gasteiger partial charge in [-0.15, -0.1) is 0 Å². The van der Waals surface area contributed by atoms with Gasteiger partial charge in [0.2, 0.25) is 0 Å². The van der Waals surface area contributed by atoms with Crippen LogP contribution in [0.2, 0.25) is 0 Å². The molecule has 0 saturated carbocycles. The molecule has 1 atom stereocenters. The van der Waals surface area contributed by atoms with E-state index in [4.69, 9.17) is 0 Å². The maximum absolute atomic E-state index is 10.2. The Kier molecular flexibility index (Phi) is 3.58. The molecule has 102 valence electrons. The highest BCUT2D eigenvalue weighted by Crippen LogP contribution is 2.36. The molecule has 1 aromatic heterocycles. The lowest BCUT2D eigenvalue weighted by Crippen LogP contribution is -2.32. The first-order valence-electron chi connectivity index (χ1n) is 7.36. The van der Waals surface area contributed by atoms with E-state index in [1.54, 1.807) is 0 Å². The SMILES string of the molecule is CCCCCC1c2[nH]c3ccccc3c2CCN1O. The predicted octanol–water partition coefficient (Wildman–Crippen LogP) is 4.04. The Morgan fingerprint density at radius 2 is 2.16 bits per heavy atom. The first-order valence-corrected chi connectivity index (χ1v) is 7.36. The molecule has 0 radical (unpaired) electrons. The topological polar surface area (TPSA) is 39.3 Å². The van der Waals surface area contributed by atoms with Crippen LogP contribution >= 0.6 is 0 Å². The molecule has 19 heavy (non-hydrogen) atoms. The Labute approximate surface area is 114 Å². The van der Waals surface area contributed by atoms with E-state index in [-0.39, 0.29) is 6.04 Å². The second kappa shape index (κ2) is 5.35. The normalized spacial score (nSPS) is 19.8. The highest BCUT2D eigenvalue weighted by molar-refractivity contribution is 5.85. The lowest BCUT2D eigenvalue weighted by atomic mass is 9.95. The average molecular weight is 258 g/mol. The highest BCUT2D eigenvalue weighted by atomic mass is 16.5. The quantitative estimate of drug-likeness (QED) is 0.812. The smallest absolute Gasteiger partial charge is 0.0752 e. The molecule has 2 heterocycles.